The van der Waals surface area contributed by atoms with E-state index in [1.54, 1.807) is 12.2 Å². The van der Waals surface area contributed by atoms with Gasteiger partial charge in [-0.25, -0.2) is 4.39 Å². The molecule has 22 heavy (non-hydrogen) atoms. The van der Waals surface area contributed by atoms with Gasteiger partial charge in [0.05, 0.1) is 0 Å². The van der Waals surface area contributed by atoms with Gasteiger partial charge in [0.1, 0.15) is 5.83 Å². The van der Waals surface area contributed by atoms with Crippen molar-refractivity contribution in [1.82, 2.24) is 0 Å². The van der Waals surface area contributed by atoms with Crippen molar-refractivity contribution in [3.8, 4) is 11.1 Å². The fraction of sp³-hybridized carbons (Fsp3) is 0.238. The van der Waals surface area contributed by atoms with E-state index in [2.05, 4.69) is 56.3 Å². The highest BCUT2D eigenvalue weighted by molar-refractivity contribution is 5.71. The average Bonchev–Trinajstić information content (AvgIpc) is 2.52. The Morgan fingerprint density at radius 3 is 2.59 bits per heavy atom. The Morgan fingerprint density at radius 2 is 1.86 bits per heavy atom. The van der Waals surface area contributed by atoms with Crippen molar-refractivity contribution >= 4 is 0 Å². The van der Waals surface area contributed by atoms with Crippen molar-refractivity contribution in [1.29, 1.82) is 0 Å². The van der Waals surface area contributed by atoms with Crippen LogP contribution in [0.4, 0.5) is 4.39 Å². The first-order chi connectivity index (χ1) is 10.6. The summed E-state index contributed by atoms with van der Waals surface area (Å²) >= 11 is 0. The van der Waals surface area contributed by atoms with Gasteiger partial charge in [-0.2, -0.15) is 0 Å². The Labute approximate surface area is 132 Å². The molecule has 0 aromatic heterocycles. The molecule has 0 spiro atoms. The van der Waals surface area contributed by atoms with Crippen LogP contribution in [0, 0.1) is 19.8 Å². The molecule has 0 radical (unpaired) electrons. The predicted octanol–water partition coefficient (Wildman–Crippen LogP) is 5.94. The fourth-order valence-electron chi connectivity index (χ4n) is 3.07. The van der Waals surface area contributed by atoms with Crippen LogP contribution in [-0.4, -0.2) is 0 Å². The van der Waals surface area contributed by atoms with Gasteiger partial charge in [-0.05, 0) is 67.0 Å². The lowest BCUT2D eigenvalue weighted by Crippen LogP contribution is -2.05. The van der Waals surface area contributed by atoms with Gasteiger partial charge in [-0.3, -0.25) is 0 Å². The fourth-order valence-corrected chi connectivity index (χ4v) is 3.07. The molecule has 0 heterocycles. The van der Waals surface area contributed by atoms with E-state index in [0.29, 0.717) is 5.92 Å². The molecule has 3 rings (SSSR count). The Hall–Kier alpha value is -2.15. The lowest BCUT2D eigenvalue weighted by molar-refractivity contribution is 0.598. The van der Waals surface area contributed by atoms with Gasteiger partial charge < -0.3 is 0 Å². The molecule has 1 aliphatic carbocycles. The molecule has 0 N–H and O–H groups in total. The van der Waals surface area contributed by atoms with Crippen molar-refractivity contribution in [3.63, 3.8) is 0 Å². The summed E-state index contributed by atoms with van der Waals surface area (Å²) in [6, 6.07) is 15.2. The van der Waals surface area contributed by atoms with E-state index < -0.39 is 0 Å². The molecule has 0 bridgehead atoms. The minimum Gasteiger partial charge on any atom is -0.207 e. The zero-order chi connectivity index (χ0) is 15.5. The molecule has 2 aromatic rings. The highest BCUT2D eigenvalue weighted by Crippen LogP contribution is 2.31. The Kier molecular flexibility index (Phi) is 4.24. The lowest BCUT2D eigenvalue weighted by Gasteiger charge is -2.18. The summed E-state index contributed by atoms with van der Waals surface area (Å²) in [4.78, 5) is 0. The van der Waals surface area contributed by atoms with Gasteiger partial charge in [0, 0.05) is 0 Å². The van der Waals surface area contributed by atoms with Crippen molar-refractivity contribution in [2.45, 2.75) is 26.7 Å². The van der Waals surface area contributed by atoms with Crippen LogP contribution in [0.3, 0.4) is 0 Å². The maximum absolute atomic E-state index is 13.1. The van der Waals surface area contributed by atoms with Crippen molar-refractivity contribution < 1.29 is 4.39 Å². The molecule has 112 valence electrons. The molecule has 1 heteroatoms. The van der Waals surface area contributed by atoms with E-state index in [1.807, 2.05) is 6.08 Å². The van der Waals surface area contributed by atoms with E-state index in [0.717, 1.165) is 12.8 Å². The third-order valence-corrected chi connectivity index (χ3v) is 4.33. The normalized spacial score (nSPS) is 17.4. The van der Waals surface area contributed by atoms with Crippen LogP contribution in [0.25, 0.3) is 11.1 Å². The van der Waals surface area contributed by atoms with E-state index in [1.165, 1.54) is 27.8 Å². The molecule has 0 aliphatic heterocycles. The minimum atomic E-state index is -0.112. The van der Waals surface area contributed by atoms with Crippen molar-refractivity contribution in [2.75, 3.05) is 0 Å². The molecule has 0 amide bonds. The van der Waals surface area contributed by atoms with Gasteiger partial charge in [0.2, 0.25) is 0 Å². The molecule has 1 unspecified atom stereocenters. The molecule has 2 aromatic carbocycles. The van der Waals surface area contributed by atoms with Crippen LogP contribution in [0.2, 0.25) is 0 Å². The standard InChI is InChI=1S/C21H21F/c1-15-7-10-18(14-17-8-11-19(22)12-9-17)21(13-15)20-6-4-3-5-16(20)2/h3-8,10-13,17H,9,14H2,1-2H3. The summed E-state index contributed by atoms with van der Waals surface area (Å²) in [6.07, 6.45) is 7.01. The maximum Gasteiger partial charge on any atom is 0.118 e. The maximum atomic E-state index is 13.1. The van der Waals surface area contributed by atoms with Crippen LogP contribution in [-0.2, 0) is 6.42 Å². The second kappa shape index (κ2) is 6.31. The number of rotatable bonds is 3. The Morgan fingerprint density at radius 1 is 1.05 bits per heavy atom. The van der Waals surface area contributed by atoms with Crippen LogP contribution >= 0.6 is 0 Å². The summed E-state index contributed by atoms with van der Waals surface area (Å²) in [5.74, 6) is 0.268. The van der Waals surface area contributed by atoms with Gasteiger partial charge in [-0.1, -0.05) is 54.1 Å². The number of aryl methyl sites for hydroxylation is 2. The predicted molar refractivity (Wildman–Crippen MR) is 91.5 cm³/mol. The van der Waals surface area contributed by atoms with E-state index in [9.17, 15) is 4.39 Å². The topological polar surface area (TPSA) is 0 Å². The van der Waals surface area contributed by atoms with Gasteiger partial charge in [-0.15, -0.1) is 0 Å². The second-order valence-corrected chi connectivity index (χ2v) is 6.12. The summed E-state index contributed by atoms with van der Waals surface area (Å²) < 4.78 is 13.1. The third kappa shape index (κ3) is 3.19. The Balaban J connectivity index is 1.95. The van der Waals surface area contributed by atoms with Gasteiger partial charge in [0.25, 0.3) is 0 Å². The zero-order valence-electron chi connectivity index (χ0n) is 13.1. The summed E-state index contributed by atoms with van der Waals surface area (Å²) in [5.41, 5.74) is 6.50. The third-order valence-electron chi connectivity index (χ3n) is 4.33. The van der Waals surface area contributed by atoms with Gasteiger partial charge >= 0.3 is 0 Å². The van der Waals surface area contributed by atoms with Crippen molar-refractivity contribution in [3.05, 3.63) is 83.2 Å². The van der Waals surface area contributed by atoms with Crippen LogP contribution in [0.1, 0.15) is 23.1 Å². The second-order valence-electron chi connectivity index (χ2n) is 6.12. The molecule has 0 fully saturated rings. The first kappa shape index (κ1) is 14.8. The number of allylic oxidation sites excluding steroid dienone is 4. The molecule has 0 saturated heterocycles. The first-order valence-corrected chi connectivity index (χ1v) is 7.83. The molecular formula is C21H21F. The number of hydrogen-bond acceptors (Lipinski definition) is 0. The van der Waals surface area contributed by atoms with Crippen LogP contribution in [0.5, 0.6) is 0 Å². The largest absolute Gasteiger partial charge is 0.207 e. The lowest BCUT2D eigenvalue weighted by atomic mass is 9.87. The SMILES string of the molecule is Cc1ccc(CC2C=CC(F)=CC2)c(-c2ccccc2C)c1. The zero-order valence-corrected chi connectivity index (χ0v) is 13.1. The van der Waals surface area contributed by atoms with E-state index in [4.69, 9.17) is 0 Å². The number of hydrogen-bond donors (Lipinski definition) is 0. The molecule has 1 atom stereocenters. The van der Waals surface area contributed by atoms with Crippen LogP contribution < -0.4 is 0 Å². The summed E-state index contributed by atoms with van der Waals surface area (Å²) in [6.45, 7) is 4.28. The molecule has 1 aliphatic rings. The number of benzene rings is 2. The van der Waals surface area contributed by atoms with Crippen LogP contribution in [0.15, 0.2) is 66.5 Å². The summed E-state index contributed by atoms with van der Waals surface area (Å²) in [7, 11) is 0. The highest BCUT2D eigenvalue weighted by Gasteiger charge is 2.14. The quantitative estimate of drug-likeness (QED) is 0.656. The first-order valence-electron chi connectivity index (χ1n) is 7.83. The monoisotopic (exact) mass is 292 g/mol. The van der Waals surface area contributed by atoms with Gasteiger partial charge in [0.15, 0.2) is 0 Å². The number of halogens is 1. The molecular weight excluding hydrogens is 271 g/mol. The Bertz CT molecular complexity index is 737. The smallest absolute Gasteiger partial charge is 0.118 e. The average molecular weight is 292 g/mol. The van der Waals surface area contributed by atoms with E-state index in [-0.39, 0.29) is 5.83 Å². The highest BCUT2D eigenvalue weighted by atomic mass is 19.1. The van der Waals surface area contributed by atoms with E-state index >= 15 is 0 Å². The van der Waals surface area contributed by atoms with Crippen molar-refractivity contribution in [2.24, 2.45) is 5.92 Å². The molecule has 0 nitrogen and oxygen atoms in total. The summed E-state index contributed by atoms with van der Waals surface area (Å²) in [5, 5.41) is 0. The minimum absolute atomic E-state index is 0.112. The molecule has 0 saturated carbocycles.